The van der Waals surface area contributed by atoms with Crippen LogP contribution in [0, 0.1) is 0 Å². The number of aromatic nitrogens is 2. The van der Waals surface area contributed by atoms with E-state index >= 15 is 0 Å². The van der Waals surface area contributed by atoms with E-state index in [4.69, 9.17) is 0 Å². The number of amides is 1. The van der Waals surface area contributed by atoms with Crippen LogP contribution in [-0.2, 0) is 4.79 Å². The Labute approximate surface area is 170 Å². The van der Waals surface area contributed by atoms with Crippen LogP contribution in [-0.4, -0.2) is 46.8 Å². The monoisotopic (exact) mass is 407 g/mol. The molecule has 146 valence electrons. The molecule has 2 atom stereocenters. The molecule has 0 saturated carbocycles. The first-order valence-corrected chi connectivity index (χ1v) is 10.3. The van der Waals surface area contributed by atoms with Gasteiger partial charge in [-0.25, -0.2) is 4.98 Å². The van der Waals surface area contributed by atoms with Gasteiger partial charge >= 0.3 is 0 Å². The summed E-state index contributed by atoms with van der Waals surface area (Å²) in [6, 6.07) is 4.55. The number of rotatable bonds is 4. The molecule has 0 bridgehead atoms. The van der Waals surface area contributed by atoms with Crippen LogP contribution < -0.4 is 15.5 Å². The maximum atomic E-state index is 12.8. The van der Waals surface area contributed by atoms with Gasteiger partial charge < -0.3 is 20.5 Å². The zero-order valence-electron chi connectivity index (χ0n) is 15.4. The number of anilines is 1. The van der Waals surface area contributed by atoms with Crippen LogP contribution in [0.15, 0.2) is 35.6 Å². The molecule has 4 heterocycles. The third-order valence-corrected chi connectivity index (χ3v) is 6.13. The molecule has 4 rings (SSSR count). The van der Waals surface area contributed by atoms with Crippen LogP contribution >= 0.6 is 24.2 Å². The minimum absolute atomic E-state index is 0. The normalized spacial score (nSPS) is 21.3. The van der Waals surface area contributed by atoms with Crippen molar-refractivity contribution in [2.45, 2.75) is 38.3 Å². The van der Waals surface area contributed by atoms with Gasteiger partial charge in [0.2, 0.25) is 0 Å². The van der Waals surface area contributed by atoms with Gasteiger partial charge in [0.25, 0.3) is 5.91 Å². The number of pyridine rings is 1. The highest BCUT2D eigenvalue weighted by atomic mass is 35.5. The topological polar surface area (TPSA) is 73.0 Å². The average molecular weight is 408 g/mol. The fraction of sp³-hybridized carbons (Fsp3) is 0.474. The van der Waals surface area contributed by atoms with Crippen molar-refractivity contribution in [2.75, 3.05) is 23.7 Å². The van der Waals surface area contributed by atoms with Crippen LogP contribution in [0.5, 0.6) is 0 Å². The quantitative estimate of drug-likeness (QED) is 0.726. The molecule has 27 heavy (non-hydrogen) atoms. The Kier molecular flexibility index (Phi) is 6.68. The van der Waals surface area contributed by atoms with Crippen molar-refractivity contribution in [3.05, 3.63) is 35.6 Å². The van der Waals surface area contributed by atoms with E-state index in [1.165, 1.54) is 12.8 Å². The number of carbonyl (C=O) groups is 1. The van der Waals surface area contributed by atoms with Gasteiger partial charge in [-0.15, -0.1) is 24.2 Å². The van der Waals surface area contributed by atoms with E-state index in [0.717, 1.165) is 46.9 Å². The predicted molar refractivity (Wildman–Crippen MR) is 114 cm³/mol. The Morgan fingerprint density at radius 3 is 3.11 bits per heavy atom. The molecule has 1 fully saturated rings. The second-order valence-corrected chi connectivity index (χ2v) is 8.06. The fourth-order valence-corrected chi connectivity index (χ4v) is 4.59. The predicted octanol–water partition coefficient (Wildman–Crippen LogP) is 3.03. The zero-order valence-corrected chi connectivity index (χ0v) is 17.0. The first kappa shape index (κ1) is 20.0. The minimum atomic E-state index is 0. The lowest BCUT2D eigenvalue weighted by Crippen LogP contribution is -2.50. The maximum Gasteiger partial charge on any atom is 0.259 e. The van der Waals surface area contributed by atoms with E-state index in [0.29, 0.717) is 6.04 Å². The number of piperidine rings is 1. The highest BCUT2D eigenvalue weighted by Crippen LogP contribution is 2.30. The number of carbonyl (C=O) groups excluding carboxylic acids is 1. The Bertz CT molecular complexity index is 817. The van der Waals surface area contributed by atoms with E-state index in [9.17, 15) is 4.79 Å². The molecule has 2 aliphatic heterocycles. The third kappa shape index (κ3) is 4.42. The minimum Gasteiger partial charge on any atom is -0.348 e. The number of fused-ring (bicyclic) bond motifs is 1. The highest BCUT2D eigenvalue weighted by molar-refractivity contribution is 8.04. The summed E-state index contributed by atoms with van der Waals surface area (Å²) in [6.45, 7) is 4.02. The van der Waals surface area contributed by atoms with Gasteiger partial charge in [-0.3, -0.25) is 4.79 Å². The van der Waals surface area contributed by atoms with Crippen molar-refractivity contribution in [1.82, 2.24) is 20.6 Å². The largest absolute Gasteiger partial charge is 0.348 e. The molecular weight excluding hydrogens is 382 g/mol. The van der Waals surface area contributed by atoms with Crippen LogP contribution in [0.1, 0.15) is 26.2 Å². The molecule has 1 unspecified atom stereocenters. The molecule has 2 aromatic rings. The third-order valence-electron chi connectivity index (χ3n) is 5.14. The molecule has 8 heteroatoms. The maximum absolute atomic E-state index is 12.8. The molecule has 6 nitrogen and oxygen atoms in total. The summed E-state index contributed by atoms with van der Waals surface area (Å²) in [7, 11) is 0. The van der Waals surface area contributed by atoms with Crippen molar-refractivity contribution in [3.8, 4) is 0 Å². The number of hydrogen-bond acceptors (Lipinski definition) is 5. The SMILES string of the molecule is CC(NC(=O)C1=CN(c2ccnc3[nH]ccc23)CCS1)[C@@H]1CCCCN1.Cl. The Morgan fingerprint density at radius 2 is 2.30 bits per heavy atom. The lowest BCUT2D eigenvalue weighted by Gasteiger charge is -2.31. The number of aromatic amines is 1. The zero-order chi connectivity index (χ0) is 17.9. The number of hydrogen-bond donors (Lipinski definition) is 3. The van der Waals surface area contributed by atoms with Crippen LogP contribution in [0.25, 0.3) is 11.0 Å². The summed E-state index contributed by atoms with van der Waals surface area (Å²) in [5, 5.41) is 7.78. The van der Waals surface area contributed by atoms with Crippen molar-refractivity contribution in [3.63, 3.8) is 0 Å². The van der Waals surface area contributed by atoms with Gasteiger partial charge in [-0.2, -0.15) is 0 Å². The van der Waals surface area contributed by atoms with Crippen LogP contribution in [0.2, 0.25) is 0 Å². The summed E-state index contributed by atoms with van der Waals surface area (Å²) in [4.78, 5) is 23.2. The second kappa shape index (κ2) is 8.99. The molecule has 0 aromatic carbocycles. The molecule has 1 amide bonds. The molecule has 3 N–H and O–H groups in total. The Morgan fingerprint density at radius 1 is 1.41 bits per heavy atom. The van der Waals surface area contributed by atoms with Gasteiger partial charge in [0.1, 0.15) is 5.65 Å². The van der Waals surface area contributed by atoms with Crippen molar-refractivity contribution in [1.29, 1.82) is 0 Å². The Hall–Kier alpha value is -1.70. The highest BCUT2D eigenvalue weighted by Gasteiger charge is 2.24. The number of nitrogens with one attached hydrogen (secondary N) is 3. The van der Waals surface area contributed by atoms with Crippen LogP contribution in [0.3, 0.4) is 0 Å². The van der Waals surface area contributed by atoms with Crippen molar-refractivity contribution < 1.29 is 4.79 Å². The average Bonchev–Trinajstić information content (AvgIpc) is 3.17. The molecule has 0 radical (unpaired) electrons. The first-order chi connectivity index (χ1) is 12.7. The van der Waals surface area contributed by atoms with Crippen molar-refractivity contribution >= 4 is 46.8 Å². The van der Waals surface area contributed by atoms with Crippen LogP contribution in [0.4, 0.5) is 5.69 Å². The van der Waals surface area contributed by atoms with Gasteiger partial charge in [0, 0.05) is 48.4 Å². The summed E-state index contributed by atoms with van der Waals surface area (Å²) in [5.74, 6) is 0.919. The summed E-state index contributed by atoms with van der Waals surface area (Å²) in [5.41, 5.74) is 1.96. The molecule has 1 saturated heterocycles. The van der Waals surface area contributed by atoms with E-state index < -0.39 is 0 Å². The van der Waals surface area contributed by atoms with Gasteiger partial charge in [0.05, 0.1) is 10.6 Å². The number of nitrogens with zero attached hydrogens (tertiary/aromatic N) is 2. The standard InChI is InChI=1S/C19H25N5OS.ClH/c1-13(15-4-2-3-7-20-15)23-19(25)17-12-24(10-11-26-17)16-6-9-22-18-14(16)5-8-21-18;/h5-6,8-9,12-13,15,20H,2-4,7,10-11H2,1H3,(H,21,22)(H,23,25);1H/t13?,15-;/m0./s1. The molecule has 0 spiro atoms. The molecular formula is C19H26ClN5OS. The smallest absolute Gasteiger partial charge is 0.259 e. The molecule has 2 aromatic heterocycles. The molecule has 2 aliphatic rings. The second-order valence-electron chi connectivity index (χ2n) is 6.92. The van der Waals surface area contributed by atoms with E-state index in [-0.39, 0.29) is 24.4 Å². The fourth-order valence-electron chi connectivity index (χ4n) is 3.69. The van der Waals surface area contributed by atoms with Gasteiger partial charge in [-0.05, 0) is 38.4 Å². The lowest BCUT2D eigenvalue weighted by atomic mass is 9.99. The summed E-state index contributed by atoms with van der Waals surface area (Å²) in [6.07, 6.45) is 9.27. The van der Waals surface area contributed by atoms with Crippen molar-refractivity contribution in [2.24, 2.45) is 0 Å². The summed E-state index contributed by atoms with van der Waals surface area (Å²) < 4.78 is 0. The lowest BCUT2D eigenvalue weighted by molar-refractivity contribution is -0.117. The number of thioether (sulfide) groups is 1. The van der Waals surface area contributed by atoms with E-state index in [1.807, 2.05) is 24.5 Å². The number of H-pyrrole nitrogens is 1. The molecule has 0 aliphatic carbocycles. The summed E-state index contributed by atoms with van der Waals surface area (Å²) >= 11 is 1.63. The number of halogens is 1. The van der Waals surface area contributed by atoms with Gasteiger partial charge in [-0.1, -0.05) is 6.42 Å². The van der Waals surface area contributed by atoms with Gasteiger partial charge in [0.15, 0.2) is 0 Å². The van der Waals surface area contributed by atoms with E-state index in [2.05, 4.69) is 32.4 Å². The Balaban J connectivity index is 0.00000210. The van der Waals surface area contributed by atoms with E-state index in [1.54, 1.807) is 18.0 Å². The first-order valence-electron chi connectivity index (χ1n) is 9.30.